The summed E-state index contributed by atoms with van der Waals surface area (Å²) in [5.74, 6) is -0.812. The van der Waals surface area contributed by atoms with Crippen LogP contribution in [0.25, 0.3) is 0 Å². The van der Waals surface area contributed by atoms with Gasteiger partial charge in [0.15, 0.2) is 6.10 Å². The molecule has 0 saturated carbocycles. The zero-order chi connectivity index (χ0) is 37.2. The smallest absolute Gasteiger partial charge is 0.462 e. The molecule has 0 rings (SSSR count). The maximum atomic E-state index is 12.6. The summed E-state index contributed by atoms with van der Waals surface area (Å²) in [5, 5.41) is 0. The summed E-state index contributed by atoms with van der Waals surface area (Å²) in [4.78, 5) is 35.2. The normalized spacial score (nSPS) is 14.0. The number of carbonyl (C=O) groups is 2. The first-order valence-corrected chi connectivity index (χ1v) is 21.6. The Hall–Kier alpha value is -1.51. The number of hydrogen-bond donors (Lipinski definition) is 1. The van der Waals surface area contributed by atoms with Crippen molar-refractivity contribution in [1.29, 1.82) is 0 Å². The van der Waals surface area contributed by atoms with Crippen molar-refractivity contribution in [2.24, 2.45) is 0 Å². The number of allylic oxidation sites excluding steroid dienone is 4. The molecule has 0 aliphatic rings. The lowest BCUT2D eigenvalue weighted by molar-refractivity contribution is -0.870. The van der Waals surface area contributed by atoms with Crippen LogP contribution in [0.5, 0.6) is 0 Å². The Morgan fingerprint density at radius 3 is 1.48 bits per heavy atom. The van der Waals surface area contributed by atoms with E-state index in [4.69, 9.17) is 18.5 Å². The average Bonchev–Trinajstić information content (AvgIpc) is 3.06. The summed E-state index contributed by atoms with van der Waals surface area (Å²) in [5.41, 5.74) is 0. The Balaban J connectivity index is 4.39. The third kappa shape index (κ3) is 36.3. The largest absolute Gasteiger partial charge is 0.472 e. The number of esters is 2. The van der Waals surface area contributed by atoms with Crippen LogP contribution in [0.2, 0.25) is 0 Å². The predicted molar refractivity (Wildman–Crippen MR) is 206 cm³/mol. The fourth-order valence-corrected chi connectivity index (χ4v) is 5.95. The van der Waals surface area contributed by atoms with E-state index < -0.39 is 26.5 Å². The Kier molecular flexibility index (Phi) is 32.3. The number of nitrogens with zero attached hydrogens (tertiary/aromatic N) is 1. The van der Waals surface area contributed by atoms with Crippen LogP contribution in [0.15, 0.2) is 24.3 Å². The topological polar surface area (TPSA) is 108 Å². The van der Waals surface area contributed by atoms with Gasteiger partial charge in [-0.1, -0.05) is 128 Å². The van der Waals surface area contributed by atoms with Crippen LogP contribution in [0.3, 0.4) is 0 Å². The van der Waals surface area contributed by atoms with Crippen molar-refractivity contribution in [1.82, 2.24) is 0 Å². The molecular weight excluding hydrogens is 653 g/mol. The first-order chi connectivity index (χ1) is 24.0. The number of phosphoric ester groups is 1. The molecule has 0 spiro atoms. The maximum absolute atomic E-state index is 12.6. The van der Waals surface area contributed by atoms with Crippen molar-refractivity contribution in [2.75, 3.05) is 47.5 Å². The van der Waals surface area contributed by atoms with E-state index in [9.17, 15) is 19.0 Å². The van der Waals surface area contributed by atoms with E-state index in [0.29, 0.717) is 17.4 Å². The molecule has 0 bridgehead atoms. The minimum atomic E-state index is -4.37. The number of quaternary nitrogens is 1. The summed E-state index contributed by atoms with van der Waals surface area (Å²) in [6, 6.07) is 0. The maximum Gasteiger partial charge on any atom is 0.472 e. The van der Waals surface area contributed by atoms with E-state index in [0.717, 1.165) is 57.8 Å². The standard InChI is InChI=1S/C40H76NO8P/c1-6-8-10-12-14-16-18-19-20-21-23-24-26-28-30-32-39(42)46-36-38(37-48-50(44,45)47-35-34-41(3,4)5)49-40(43)33-31-29-27-25-22-17-15-13-11-9-7-2/h12-15,38H,6-11,16-37H2,1-5H3/p+1/b14-12+,15-13+/t38-/m1/s1. The molecular formula is C40H77NO8P+. The van der Waals surface area contributed by atoms with Gasteiger partial charge in [0.25, 0.3) is 0 Å². The van der Waals surface area contributed by atoms with Crippen LogP contribution in [0.1, 0.15) is 168 Å². The van der Waals surface area contributed by atoms with Gasteiger partial charge in [-0.2, -0.15) is 0 Å². The van der Waals surface area contributed by atoms with Gasteiger partial charge >= 0.3 is 19.8 Å². The number of ether oxygens (including phenoxy) is 2. The van der Waals surface area contributed by atoms with Gasteiger partial charge < -0.3 is 18.9 Å². The van der Waals surface area contributed by atoms with Gasteiger partial charge in [0.1, 0.15) is 19.8 Å². The summed E-state index contributed by atoms with van der Waals surface area (Å²) in [6.45, 7) is 4.33. The average molecular weight is 731 g/mol. The second-order valence-electron chi connectivity index (χ2n) is 14.7. The van der Waals surface area contributed by atoms with Crippen molar-refractivity contribution < 1.29 is 42.1 Å². The minimum absolute atomic E-state index is 0.0307. The van der Waals surface area contributed by atoms with Crippen LogP contribution >= 0.6 is 7.82 Å². The molecule has 9 nitrogen and oxygen atoms in total. The number of likely N-dealkylation sites (N-methyl/N-ethyl adjacent to an activating group) is 1. The van der Waals surface area contributed by atoms with Crippen LogP contribution in [0, 0.1) is 0 Å². The van der Waals surface area contributed by atoms with E-state index in [-0.39, 0.29) is 32.0 Å². The highest BCUT2D eigenvalue weighted by atomic mass is 31.2. The molecule has 0 aromatic rings. The lowest BCUT2D eigenvalue weighted by atomic mass is 10.1. The van der Waals surface area contributed by atoms with E-state index >= 15 is 0 Å². The Morgan fingerprint density at radius 2 is 1.02 bits per heavy atom. The highest BCUT2D eigenvalue weighted by Crippen LogP contribution is 2.43. The molecule has 2 atom stereocenters. The number of hydrogen-bond acceptors (Lipinski definition) is 7. The quantitative estimate of drug-likeness (QED) is 0.0223. The molecule has 1 unspecified atom stereocenters. The molecule has 0 aliphatic carbocycles. The Morgan fingerprint density at radius 1 is 0.600 bits per heavy atom. The molecule has 0 heterocycles. The van der Waals surface area contributed by atoms with Crippen molar-refractivity contribution in [3.05, 3.63) is 24.3 Å². The highest BCUT2D eigenvalue weighted by Gasteiger charge is 2.27. The first kappa shape index (κ1) is 48.5. The predicted octanol–water partition coefficient (Wildman–Crippen LogP) is 10.8. The summed E-state index contributed by atoms with van der Waals surface area (Å²) in [6.07, 6.45) is 33.6. The second-order valence-corrected chi connectivity index (χ2v) is 16.1. The van der Waals surface area contributed by atoms with E-state index in [1.165, 1.54) is 77.0 Å². The number of unbranched alkanes of at least 4 members (excludes halogenated alkanes) is 18. The van der Waals surface area contributed by atoms with Gasteiger partial charge in [-0.05, 0) is 51.4 Å². The van der Waals surface area contributed by atoms with E-state index in [2.05, 4.69) is 38.2 Å². The van der Waals surface area contributed by atoms with Gasteiger partial charge in [-0.3, -0.25) is 18.6 Å². The number of carbonyl (C=O) groups excluding carboxylic acids is 2. The van der Waals surface area contributed by atoms with Gasteiger partial charge in [0.05, 0.1) is 27.7 Å². The van der Waals surface area contributed by atoms with Crippen LogP contribution in [-0.2, 0) is 32.7 Å². The fraction of sp³-hybridized carbons (Fsp3) is 0.850. The lowest BCUT2D eigenvalue weighted by Crippen LogP contribution is -2.37. The molecule has 0 aromatic carbocycles. The van der Waals surface area contributed by atoms with Gasteiger partial charge in [-0.25, -0.2) is 4.57 Å². The first-order valence-electron chi connectivity index (χ1n) is 20.1. The van der Waals surface area contributed by atoms with Crippen molar-refractivity contribution in [3.8, 4) is 0 Å². The lowest BCUT2D eigenvalue weighted by Gasteiger charge is -2.24. The molecule has 10 heteroatoms. The monoisotopic (exact) mass is 731 g/mol. The van der Waals surface area contributed by atoms with Crippen molar-refractivity contribution >= 4 is 19.8 Å². The van der Waals surface area contributed by atoms with Gasteiger partial charge in [-0.15, -0.1) is 0 Å². The summed E-state index contributed by atoms with van der Waals surface area (Å²) in [7, 11) is 1.47. The summed E-state index contributed by atoms with van der Waals surface area (Å²) >= 11 is 0. The van der Waals surface area contributed by atoms with Crippen LogP contribution in [-0.4, -0.2) is 74.9 Å². The Bertz CT molecular complexity index is 918. The molecule has 294 valence electrons. The second kappa shape index (κ2) is 33.3. The Labute approximate surface area is 307 Å². The SMILES string of the molecule is CCCC/C=C/CCCCCCCCCCCC(=O)OC[C@H](COP(=O)(O)OCC[N+](C)(C)C)OC(=O)CCCCCCC/C=C/CCCC. The molecule has 0 saturated heterocycles. The molecule has 0 aromatic heterocycles. The van der Waals surface area contributed by atoms with Gasteiger partial charge in [0.2, 0.25) is 0 Å². The van der Waals surface area contributed by atoms with E-state index in [1.807, 2.05) is 21.1 Å². The third-order valence-electron chi connectivity index (χ3n) is 8.45. The fourth-order valence-electron chi connectivity index (χ4n) is 5.21. The van der Waals surface area contributed by atoms with Crippen molar-refractivity contribution in [2.45, 2.75) is 174 Å². The van der Waals surface area contributed by atoms with Crippen LogP contribution in [0.4, 0.5) is 0 Å². The molecule has 50 heavy (non-hydrogen) atoms. The molecule has 0 amide bonds. The molecule has 0 aliphatic heterocycles. The number of phosphoric acid groups is 1. The number of rotatable bonds is 36. The summed E-state index contributed by atoms with van der Waals surface area (Å²) < 4.78 is 34.2. The van der Waals surface area contributed by atoms with Gasteiger partial charge in [0, 0.05) is 12.8 Å². The molecule has 0 fully saturated rings. The molecule has 0 radical (unpaired) electrons. The minimum Gasteiger partial charge on any atom is -0.462 e. The van der Waals surface area contributed by atoms with E-state index in [1.54, 1.807) is 0 Å². The third-order valence-corrected chi connectivity index (χ3v) is 9.44. The zero-order valence-corrected chi connectivity index (χ0v) is 33.8. The zero-order valence-electron chi connectivity index (χ0n) is 32.9. The van der Waals surface area contributed by atoms with Crippen molar-refractivity contribution in [3.63, 3.8) is 0 Å². The van der Waals surface area contributed by atoms with Crippen LogP contribution < -0.4 is 0 Å². The highest BCUT2D eigenvalue weighted by molar-refractivity contribution is 7.47. The molecule has 1 N–H and O–H groups in total.